The van der Waals surface area contributed by atoms with Crippen LogP contribution in [0.15, 0.2) is 36.9 Å². The highest BCUT2D eigenvalue weighted by molar-refractivity contribution is 6.38. The number of ether oxygens (including phenoxy) is 3. The molecule has 1 atom stereocenters. The van der Waals surface area contributed by atoms with Crippen LogP contribution in [0.5, 0.6) is 11.5 Å². The van der Waals surface area contributed by atoms with Crippen LogP contribution in [0.1, 0.15) is 29.2 Å². The largest absolute Gasteiger partial charge is 0.495 e. The second-order valence-corrected chi connectivity index (χ2v) is 10.1. The van der Waals surface area contributed by atoms with Gasteiger partial charge < -0.3 is 24.4 Å². The van der Waals surface area contributed by atoms with Gasteiger partial charge in [0.2, 0.25) is 5.91 Å². The first-order chi connectivity index (χ1) is 18.4. The van der Waals surface area contributed by atoms with Crippen LogP contribution in [0.3, 0.4) is 0 Å². The Morgan fingerprint density at radius 1 is 1.18 bits per heavy atom. The Bertz CT molecular complexity index is 1340. The lowest BCUT2D eigenvalue weighted by Gasteiger charge is -2.29. The van der Waals surface area contributed by atoms with E-state index in [1.54, 1.807) is 20.3 Å². The number of nitrogens with one attached hydrogen (secondary N) is 2. The molecule has 1 aliphatic heterocycles. The summed E-state index contributed by atoms with van der Waals surface area (Å²) < 4.78 is 16.5. The molecular weight excluding hydrogens is 527 g/mol. The monoisotopic (exact) mass is 556 g/mol. The van der Waals surface area contributed by atoms with Crippen molar-refractivity contribution >= 4 is 40.5 Å². The number of halogens is 2. The van der Waals surface area contributed by atoms with Crippen molar-refractivity contribution < 1.29 is 19.0 Å². The van der Waals surface area contributed by atoms with Crippen LogP contribution in [0.4, 0.5) is 11.4 Å². The molecule has 2 N–H and O–H groups in total. The molecule has 0 unspecified atom stereocenters. The Morgan fingerprint density at radius 3 is 2.55 bits per heavy atom. The van der Waals surface area contributed by atoms with Gasteiger partial charge in [-0.25, -0.2) is 0 Å². The van der Waals surface area contributed by atoms with Crippen LogP contribution in [0.25, 0.3) is 11.3 Å². The third-order valence-electron chi connectivity index (χ3n) is 7.24. The number of carbonyl (C=O) groups is 1. The van der Waals surface area contributed by atoms with Crippen LogP contribution in [-0.4, -0.2) is 56.6 Å². The maximum atomic E-state index is 12.2. The Balaban J connectivity index is 1.52. The summed E-state index contributed by atoms with van der Waals surface area (Å²) in [6.07, 6.45) is 3.51. The van der Waals surface area contributed by atoms with Gasteiger partial charge in [0, 0.05) is 47.2 Å². The van der Waals surface area contributed by atoms with Gasteiger partial charge in [-0.15, -0.1) is 0 Å². The predicted molar refractivity (Wildman–Crippen MR) is 150 cm³/mol. The number of H-pyrrole nitrogens is 1. The van der Waals surface area contributed by atoms with Crippen molar-refractivity contribution in [3.05, 3.63) is 63.8 Å². The molecular formula is C28H30Cl2N4O4. The summed E-state index contributed by atoms with van der Waals surface area (Å²) in [5, 5.41) is 11.9. The highest BCUT2D eigenvalue weighted by atomic mass is 35.5. The molecule has 2 aliphatic rings. The van der Waals surface area contributed by atoms with Crippen molar-refractivity contribution in [2.24, 2.45) is 0 Å². The highest BCUT2D eigenvalue weighted by Crippen LogP contribution is 2.48. The van der Waals surface area contributed by atoms with Crippen molar-refractivity contribution in [1.82, 2.24) is 10.2 Å². The predicted octanol–water partition coefficient (Wildman–Crippen LogP) is 5.63. The third kappa shape index (κ3) is 4.96. The van der Waals surface area contributed by atoms with Gasteiger partial charge in [-0.05, 0) is 49.5 Å². The second-order valence-electron chi connectivity index (χ2n) is 9.31. The molecule has 1 amide bonds. The second kappa shape index (κ2) is 11.3. The minimum atomic E-state index is -0.272. The maximum absolute atomic E-state index is 12.2. The van der Waals surface area contributed by atoms with E-state index in [4.69, 9.17) is 42.5 Å². The van der Waals surface area contributed by atoms with E-state index in [0.29, 0.717) is 46.9 Å². The first kappa shape index (κ1) is 26.4. The lowest BCUT2D eigenvalue weighted by molar-refractivity contribution is -0.111. The van der Waals surface area contributed by atoms with Gasteiger partial charge in [0.05, 0.1) is 48.9 Å². The SMILES string of the molecule is C=CC(=O)Nc1ccc(N2CCOCC2)cc1-c1n[nH]c2c1CC[C@@H](c1c(Cl)c(OC)cc(OC)c1Cl)C2. The molecule has 10 heteroatoms. The number of hydrogen-bond donors (Lipinski definition) is 2. The van der Waals surface area contributed by atoms with Gasteiger partial charge in [0.25, 0.3) is 0 Å². The minimum absolute atomic E-state index is 0.0550. The van der Waals surface area contributed by atoms with Crippen molar-refractivity contribution in [3.8, 4) is 22.8 Å². The molecule has 0 saturated carbocycles. The van der Waals surface area contributed by atoms with E-state index in [1.807, 2.05) is 12.1 Å². The summed E-state index contributed by atoms with van der Waals surface area (Å²) in [6.45, 7) is 6.58. The molecule has 0 spiro atoms. The van der Waals surface area contributed by atoms with E-state index in [0.717, 1.165) is 59.7 Å². The zero-order chi connectivity index (χ0) is 26.8. The average molecular weight is 557 g/mol. The Hall–Kier alpha value is -3.20. The Kier molecular flexibility index (Phi) is 7.83. The smallest absolute Gasteiger partial charge is 0.247 e. The summed E-state index contributed by atoms with van der Waals surface area (Å²) in [7, 11) is 3.15. The quantitative estimate of drug-likeness (QED) is 0.366. The van der Waals surface area contributed by atoms with E-state index in [2.05, 4.69) is 28.0 Å². The molecule has 200 valence electrons. The minimum Gasteiger partial charge on any atom is -0.495 e. The van der Waals surface area contributed by atoms with Gasteiger partial charge in [0.1, 0.15) is 11.5 Å². The molecule has 2 aromatic carbocycles. The van der Waals surface area contributed by atoms with Crippen LogP contribution < -0.4 is 19.7 Å². The number of amides is 1. The lowest BCUT2D eigenvalue weighted by atomic mass is 9.81. The number of anilines is 2. The maximum Gasteiger partial charge on any atom is 0.247 e. The summed E-state index contributed by atoms with van der Waals surface area (Å²) in [5.74, 6) is 0.841. The molecule has 8 nitrogen and oxygen atoms in total. The van der Waals surface area contributed by atoms with Crippen molar-refractivity contribution in [2.75, 3.05) is 50.7 Å². The number of aromatic amines is 1. The van der Waals surface area contributed by atoms with Crippen molar-refractivity contribution in [2.45, 2.75) is 25.2 Å². The molecule has 1 aliphatic carbocycles. The molecule has 38 heavy (non-hydrogen) atoms. The summed E-state index contributed by atoms with van der Waals surface area (Å²) in [4.78, 5) is 14.5. The number of rotatable bonds is 7. The van der Waals surface area contributed by atoms with Gasteiger partial charge in [-0.1, -0.05) is 29.8 Å². The molecule has 1 aromatic heterocycles. The van der Waals surface area contributed by atoms with Crippen LogP contribution in [0, 0.1) is 0 Å². The van der Waals surface area contributed by atoms with E-state index in [1.165, 1.54) is 6.08 Å². The first-order valence-corrected chi connectivity index (χ1v) is 13.3. The molecule has 1 saturated heterocycles. The zero-order valence-electron chi connectivity index (χ0n) is 21.4. The number of methoxy groups -OCH3 is 2. The fraction of sp³-hybridized carbons (Fsp3) is 0.357. The Morgan fingerprint density at radius 2 is 1.89 bits per heavy atom. The zero-order valence-corrected chi connectivity index (χ0v) is 22.9. The van der Waals surface area contributed by atoms with Crippen LogP contribution in [-0.2, 0) is 22.4 Å². The fourth-order valence-electron chi connectivity index (χ4n) is 5.28. The number of hydrogen-bond acceptors (Lipinski definition) is 6. The number of morpholine rings is 1. The molecule has 1 fully saturated rings. The van der Waals surface area contributed by atoms with E-state index in [9.17, 15) is 4.79 Å². The van der Waals surface area contributed by atoms with E-state index < -0.39 is 0 Å². The van der Waals surface area contributed by atoms with Gasteiger partial charge in [0.15, 0.2) is 0 Å². The number of benzene rings is 2. The van der Waals surface area contributed by atoms with Gasteiger partial charge in [-0.3, -0.25) is 9.89 Å². The third-order valence-corrected chi connectivity index (χ3v) is 8.02. The molecule has 0 bridgehead atoms. The van der Waals surface area contributed by atoms with Crippen molar-refractivity contribution in [3.63, 3.8) is 0 Å². The van der Waals surface area contributed by atoms with Crippen LogP contribution in [0.2, 0.25) is 10.0 Å². The molecule has 3 aromatic rings. The lowest BCUT2D eigenvalue weighted by Crippen LogP contribution is -2.36. The standard InChI is InChI=1S/C28H30Cl2N4O4/c1-4-24(35)31-20-8-6-17(34-9-11-38-12-10-34)14-19(20)28-18-7-5-16(13-21(18)32-33-28)25-26(29)22(36-2)15-23(37-3)27(25)30/h4,6,8,14-16H,1,5,7,9-13H2,2-3H3,(H,31,35)(H,32,33)/t16-/m1/s1. The number of fused-ring (bicyclic) bond motifs is 1. The number of nitrogens with zero attached hydrogens (tertiary/aromatic N) is 2. The van der Waals surface area contributed by atoms with Gasteiger partial charge in [-0.2, -0.15) is 5.10 Å². The Labute approximate surface area is 231 Å². The molecule has 0 radical (unpaired) electrons. The molecule has 5 rings (SSSR count). The van der Waals surface area contributed by atoms with Gasteiger partial charge >= 0.3 is 0 Å². The summed E-state index contributed by atoms with van der Waals surface area (Å²) in [6, 6.07) is 7.74. The number of carbonyl (C=O) groups excluding carboxylic acids is 1. The van der Waals surface area contributed by atoms with E-state index in [-0.39, 0.29) is 11.8 Å². The van der Waals surface area contributed by atoms with Crippen LogP contribution >= 0.6 is 23.2 Å². The summed E-state index contributed by atoms with van der Waals surface area (Å²) in [5.41, 5.74) is 6.39. The number of aromatic nitrogens is 2. The first-order valence-electron chi connectivity index (χ1n) is 12.5. The topological polar surface area (TPSA) is 88.7 Å². The molecule has 2 heterocycles. The fourth-order valence-corrected chi connectivity index (χ4v) is 6.09. The van der Waals surface area contributed by atoms with Crippen molar-refractivity contribution in [1.29, 1.82) is 0 Å². The normalized spacial score (nSPS) is 17.1. The average Bonchev–Trinajstić information content (AvgIpc) is 3.37. The van der Waals surface area contributed by atoms with E-state index >= 15 is 0 Å². The highest BCUT2D eigenvalue weighted by Gasteiger charge is 2.31. The summed E-state index contributed by atoms with van der Waals surface area (Å²) >= 11 is 13.5.